The summed E-state index contributed by atoms with van der Waals surface area (Å²) in [7, 11) is 0. The van der Waals surface area contributed by atoms with Crippen molar-refractivity contribution in [2.24, 2.45) is 0 Å². The van der Waals surface area contributed by atoms with E-state index in [1.165, 1.54) is 21.7 Å². The molecule has 2 aromatic carbocycles. The molecular formula is C26H17ClF2N2O3S2. The van der Waals surface area contributed by atoms with E-state index in [1.807, 2.05) is 10.8 Å². The van der Waals surface area contributed by atoms with Gasteiger partial charge in [-0.2, -0.15) is 11.3 Å². The van der Waals surface area contributed by atoms with Gasteiger partial charge in [-0.15, -0.1) is 0 Å². The Hall–Kier alpha value is -3.27. The topological polar surface area (TPSA) is 59.5 Å². The molecule has 1 aliphatic heterocycles. The molecule has 0 aliphatic carbocycles. The van der Waals surface area contributed by atoms with Crippen molar-refractivity contribution in [1.29, 1.82) is 0 Å². The number of aromatic nitrogens is 1. The van der Waals surface area contributed by atoms with Crippen LogP contribution in [0.4, 0.5) is 8.78 Å². The Morgan fingerprint density at radius 1 is 1.06 bits per heavy atom. The molecule has 2 unspecified atom stereocenters. The molecule has 0 saturated carbocycles. The van der Waals surface area contributed by atoms with Crippen molar-refractivity contribution >= 4 is 47.4 Å². The lowest BCUT2D eigenvalue weighted by atomic mass is 9.75. The van der Waals surface area contributed by atoms with Gasteiger partial charge in [0.15, 0.2) is 5.78 Å². The van der Waals surface area contributed by atoms with Gasteiger partial charge in [0.1, 0.15) is 28.8 Å². The first-order valence-electron chi connectivity index (χ1n) is 10.7. The van der Waals surface area contributed by atoms with E-state index in [4.69, 9.17) is 16.3 Å². The third kappa shape index (κ3) is 4.27. The van der Waals surface area contributed by atoms with E-state index in [9.17, 15) is 18.4 Å². The number of rotatable bonds is 5. The number of ketones is 1. The van der Waals surface area contributed by atoms with Crippen molar-refractivity contribution < 1.29 is 23.1 Å². The number of Topliss-reactive ketones (excluding diaryl/α,β-unsaturated/α-hetero) is 1. The third-order valence-electron chi connectivity index (χ3n) is 5.99. The zero-order chi connectivity index (χ0) is 25.4. The van der Waals surface area contributed by atoms with Crippen molar-refractivity contribution in [1.82, 2.24) is 9.29 Å². The van der Waals surface area contributed by atoms with Crippen molar-refractivity contribution in [3.8, 4) is 11.6 Å². The summed E-state index contributed by atoms with van der Waals surface area (Å²) in [6.45, 7) is 0. The summed E-state index contributed by atoms with van der Waals surface area (Å²) < 4.78 is 34.1. The molecule has 182 valence electrons. The van der Waals surface area contributed by atoms with Gasteiger partial charge in [-0.25, -0.2) is 13.8 Å². The molecule has 1 aliphatic rings. The van der Waals surface area contributed by atoms with Crippen LogP contribution < -0.4 is 4.74 Å². The number of amides is 1. The predicted molar refractivity (Wildman–Crippen MR) is 135 cm³/mol. The molecular weight excluding hydrogens is 526 g/mol. The maximum Gasteiger partial charge on any atom is 0.248 e. The molecule has 1 saturated heterocycles. The Morgan fingerprint density at radius 2 is 1.81 bits per heavy atom. The number of carbonyl (C=O) groups excluding carboxylic acids is 2. The summed E-state index contributed by atoms with van der Waals surface area (Å²) in [5.41, 5.74) is 0.0138. The van der Waals surface area contributed by atoms with E-state index in [0.29, 0.717) is 21.8 Å². The SMILES string of the molecule is O=C1CC(c2ccsc2)(c2cccc(Oc3cc(F)cc(F)c3)n2)N(S)C(=O)C1c1ccccc1Cl. The predicted octanol–water partition coefficient (Wildman–Crippen LogP) is 6.54. The molecule has 10 heteroatoms. The molecule has 1 amide bonds. The monoisotopic (exact) mass is 542 g/mol. The number of piperidine rings is 1. The zero-order valence-electron chi connectivity index (χ0n) is 18.4. The van der Waals surface area contributed by atoms with E-state index in [-0.39, 0.29) is 23.8 Å². The number of benzene rings is 2. The van der Waals surface area contributed by atoms with Gasteiger partial charge in [0.25, 0.3) is 0 Å². The molecule has 0 N–H and O–H groups in total. The van der Waals surface area contributed by atoms with Crippen LogP contribution >= 0.6 is 35.8 Å². The molecule has 0 radical (unpaired) electrons. The molecule has 2 atom stereocenters. The Kier molecular flexibility index (Phi) is 6.55. The van der Waals surface area contributed by atoms with Crippen molar-refractivity contribution in [2.45, 2.75) is 17.9 Å². The zero-order valence-corrected chi connectivity index (χ0v) is 20.9. The lowest BCUT2D eigenvalue weighted by Crippen LogP contribution is -2.54. The van der Waals surface area contributed by atoms with Crippen LogP contribution in [0.15, 0.2) is 77.5 Å². The highest BCUT2D eigenvalue weighted by Crippen LogP contribution is 2.48. The molecule has 2 aromatic heterocycles. The maximum absolute atomic E-state index is 13.7. The molecule has 5 rings (SSSR count). The van der Waals surface area contributed by atoms with E-state index < -0.39 is 29.0 Å². The van der Waals surface area contributed by atoms with E-state index in [0.717, 1.165) is 18.2 Å². The van der Waals surface area contributed by atoms with E-state index in [1.54, 1.807) is 42.5 Å². The largest absolute Gasteiger partial charge is 0.439 e. The maximum atomic E-state index is 13.7. The van der Waals surface area contributed by atoms with Crippen molar-refractivity contribution in [3.05, 3.63) is 111 Å². The highest BCUT2D eigenvalue weighted by molar-refractivity contribution is 7.78. The van der Waals surface area contributed by atoms with Crippen molar-refractivity contribution in [2.75, 3.05) is 0 Å². The lowest BCUT2D eigenvalue weighted by Gasteiger charge is -2.45. The van der Waals surface area contributed by atoms with Crippen molar-refractivity contribution in [3.63, 3.8) is 0 Å². The molecule has 4 aromatic rings. The van der Waals surface area contributed by atoms with Crippen LogP contribution in [0.2, 0.25) is 5.02 Å². The van der Waals surface area contributed by atoms with Gasteiger partial charge in [-0.1, -0.05) is 48.7 Å². The van der Waals surface area contributed by atoms with E-state index in [2.05, 4.69) is 17.8 Å². The van der Waals surface area contributed by atoms with Gasteiger partial charge in [-0.3, -0.25) is 13.9 Å². The van der Waals surface area contributed by atoms with Gasteiger partial charge < -0.3 is 4.74 Å². The fraction of sp³-hybridized carbons (Fsp3) is 0.115. The minimum absolute atomic E-state index is 0.0296. The molecule has 3 heterocycles. The fourth-order valence-corrected chi connectivity index (χ4v) is 5.75. The second kappa shape index (κ2) is 9.65. The van der Waals surface area contributed by atoms with Crippen LogP contribution in [0.25, 0.3) is 0 Å². The number of hydrogen-bond acceptors (Lipinski definition) is 6. The first-order valence-corrected chi connectivity index (χ1v) is 12.5. The van der Waals surface area contributed by atoms with Gasteiger partial charge in [-0.05, 0) is 40.1 Å². The number of pyridine rings is 1. The summed E-state index contributed by atoms with van der Waals surface area (Å²) in [4.78, 5) is 31.7. The van der Waals surface area contributed by atoms with Crippen LogP contribution in [-0.4, -0.2) is 21.0 Å². The third-order valence-corrected chi connectivity index (χ3v) is 7.56. The molecule has 36 heavy (non-hydrogen) atoms. The number of thiophene rings is 1. The van der Waals surface area contributed by atoms with Crippen LogP contribution in [0.5, 0.6) is 11.6 Å². The second-order valence-corrected chi connectivity index (χ2v) is 9.78. The number of thiol groups is 1. The summed E-state index contributed by atoms with van der Waals surface area (Å²) in [6, 6.07) is 16.1. The molecule has 0 bridgehead atoms. The van der Waals surface area contributed by atoms with Gasteiger partial charge in [0.2, 0.25) is 11.8 Å². The standard InChI is InChI=1S/C26H17ClF2N2O3S2/c27-20-5-2-1-4-19(20)24-21(32)13-26(31(35)25(24)33,15-8-9-36-14-15)22-6-3-7-23(30-22)34-18-11-16(28)10-17(29)12-18/h1-12,14,24,35H,13H2. The molecule has 0 spiro atoms. The minimum atomic E-state index is -1.35. The average molecular weight is 543 g/mol. The Bertz CT molecular complexity index is 1450. The quantitative estimate of drug-likeness (QED) is 0.230. The first-order chi connectivity index (χ1) is 17.3. The van der Waals surface area contributed by atoms with Gasteiger partial charge in [0.05, 0.1) is 5.69 Å². The number of carbonyl (C=O) groups is 2. The Morgan fingerprint density at radius 3 is 2.50 bits per heavy atom. The Balaban J connectivity index is 1.59. The smallest absolute Gasteiger partial charge is 0.248 e. The average Bonchev–Trinajstić information content (AvgIpc) is 3.38. The fourth-order valence-electron chi connectivity index (χ4n) is 4.37. The first kappa shape index (κ1) is 24.4. The number of ether oxygens (including phenoxy) is 1. The summed E-state index contributed by atoms with van der Waals surface area (Å²) in [6.07, 6.45) is -0.125. The number of hydrogen-bond donors (Lipinski definition) is 1. The second-order valence-electron chi connectivity index (χ2n) is 8.19. The van der Waals surface area contributed by atoms with E-state index >= 15 is 0 Å². The minimum Gasteiger partial charge on any atom is -0.439 e. The highest BCUT2D eigenvalue weighted by atomic mass is 35.5. The van der Waals surface area contributed by atoms with Gasteiger partial charge >= 0.3 is 0 Å². The van der Waals surface area contributed by atoms with Gasteiger partial charge in [0, 0.05) is 35.7 Å². The lowest BCUT2D eigenvalue weighted by molar-refractivity contribution is -0.142. The van der Waals surface area contributed by atoms with Crippen LogP contribution in [0, 0.1) is 11.6 Å². The van der Waals surface area contributed by atoms with Crippen LogP contribution in [0.1, 0.15) is 29.2 Å². The van der Waals surface area contributed by atoms with Crippen LogP contribution in [-0.2, 0) is 15.1 Å². The van der Waals surface area contributed by atoms with Crippen LogP contribution in [0.3, 0.4) is 0 Å². The molecule has 5 nitrogen and oxygen atoms in total. The summed E-state index contributed by atoms with van der Waals surface area (Å²) >= 11 is 12.3. The normalized spacial score (nSPS) is 20.0. The Labute approximate surface area is 219 Å². The molecule has 1 fully saturated rings. The highest BCUT2D eigenvalue weighted by Gasteiger charge is 2.53. The summed E-state index contributed by atoms with van der Waals surface area (Å²) in [5, 5.41) is 3.95. The number of halogens is 3. The summed E-state index contributed by atoms with van der Waals surface area (Å²) in [5.74, 6) is -3.66. The number of nitrogens with zero attached hydrogens (tertiary/aromatic N) is 2.